The lowest BCUT2D eigenvalue weighted by Gasteiger charge is -2.27. The predicted octanol–water partition coefficient (Wildman–Crippen LogP) is 2.12. The quantitative estimate of drug-likeness (QED) is 0.844. The van der Waals surface area contributed by atoms with Crippen molar-refractivity contribution in [3.05, 3.63) is 48.1 Å². The van der Waals surface area contributed by atoms with Crippen LogP contribution in [0.25, 0.3) is 0 Å². The number of rotatable bonds is 5. The van der Waals surface area contributed by atoms with Gasteiger partial charge in [-0.3, -0.25) is 4.79 Å². The summed E-state index contributed by atoms with van der Waals surface area (Å²) in [5.74, 6) is 0.0487. The number of hydrogen-bond donors (Lipinski definition) is 0. The molecule has 0 aliphatic carbocycles. The molecular formula is C16H17FN2O4. The molecule has 1 atom stereocenters. The van der Waals surface area contributed by atoms with Gasteiger partial charge in [0, 0.05) is 19.7 Å². The van der Waals surface area contributed by atoms with Crippen LogP contribution in [0.2, 0.25) is 0 Å². The van der Waals surface area contributed by atoms with E-state index in [1.54, 1.807) is 24.1 Å². The minimum Gasteiger partial charge on any atom is -0.491 e. The summed E-state index contributed by atoms with van der Waals surface area (Å²) in [6, 6.07) is 7.33. The Morgan fingerprint density at radius 2 is 2.17 bits per heavy atom. The monoisotopic (exact) mass is 320 g/mol. The van der Waals surface area contributed by atoms with E-state index in [2.05, 4.69) is 5.16 Å². The Bertz CT molecular complexity index is 659. The number of aromatic nitrogens is 1. The van der Waals surface area contributed by atoms with Crippen LogP contribution in [0.15, 0.2) is 41.1 Å². The average molecular weight is 320 g/mol. The van der Waals surface area contributed by atoms with E-state index < -0.39 is 5.60 Å². The zero-order chi connectivity index (χ0) is 16.3. The van der Waals surface area contributed by atoms with Crippen molar-refractivity contribution in [1.82, 2.24) is 10.1 Å². The molecule has 0 saturated carbocycles. The number of likely N-dealkylation sites (tertiary alicyclic amines) is 1. The number of amides is 1. The van der Waals surface area contributed by atoms with E-state index in [9.17, 15) is 9.18 Å². The van der Waals surface area contributed by atoms with Gasteiger partial charge in [-0.25, -0.2) is 4.39 Å². The Morgan fingerprint density at radius 1 is 1.39 bits per heavy atom. The summed E-state index contributed by atoms with van der Waals surface area (Å²) < 4.78 is 28.9. The maximum absolute atomic E-state index is 12.9. The van der Waals surface area contributed by atoms with Crippen LogP contribution in [0.1, 0.15) is 16.9 Å². The van der Waals surface area contributed by atoms with Crippen LogP contribution >= 0.6 is 0 Å². The van der Waals surface area contributed by atoms with Gasteiger partial charge in [0.15, 0.2) is 5.69 Å². The third kappa shape index (κ3) is 3.34. The highest BCUT2D eigenvalue weighted by molar-refractivity contribution is 5.92. The van der Waals surface area contributed by atoms with Crippen LogP contribution < -0.4 is 4.74 Å². The molecule has 0 spiro atoms. The van der Waals surface area contributed by atoms with Crippen molar-refractivity contribution < 1.29 is 23.2 Å². The van der Waals surface area contributed by atoms with Crippen LogP contribution in [-0.4, -0.2) is 48.4 Å². The van der Waals surface area contributed by atoms with Gasteiger partial charge in [0.1, 0.15) is 30.0 Å². The minimum atomic E-state index is -0.590. The molecule has 122 valence electrons. The lowest BCUT2D eigenvalue weighted by Crippen LogP contribution is -2.42. The zero-order valence-electron chi connectivity index (χ0n) is 12.7. The summed E-state index contributed by atoms with van der Waals surface area (Å²) in [7, 11) is 1.60. The molecule has 23 heavy (non-hydrogen) atoms. The standard InChI is InChI=1S/C16H17FN2O4/c1-21-16(11-22-13-4-2-12(17)3-5-13)7-8-19(10-16)15(20)14-6-9-23-18-14/h2-6,9H,7-8,10-11H2,1H3. The van der Waals surface area contributed by atoms with E-state index in [4.69, 9.17) is 14.0 Å². The summed E-state index contributed by atoms with van der Waals surface area (Å²) in [5, 5.41) is 3.66. The van der Waals surface area contributed by atoms with Gasteiger partial charge >= 0.3 is 0 Å². The summed E-state index contributed by atoms with van der Waals surface area (Å²) >= 11 is 0. The number of nitrogens with zero attached hydrogens (tertiary/aromatic N) is 2. The lowest BCUT2D eigenvalue weighted by molar-refractivity contribution is -0.0343. The van der Waals surface area contributed by atoms with Crippen LogP contribution in [0.4, 0.5) is 4.39 Å². The second-order valence-corrected chi connectivity index (χ2v) is 5.49. The molecule has 0 N–H and O–H groups in total. The second-order valence-electron chi connectivity index (χ2n) is 5.49. The molecule has 1 aromatic carbocycles. The molecule has 1 aliphatic heterocycles. The van der Waals surface area contributed by atoms with E-state index in [0.29, 0.717) is 25.3 Å². The van der Waals surface area contributed by atoms with Gasteiger partial charge in [0.2, 0.25) is 0 Å². The van der Waals surface area contributed by atoms with E-state index in [1.165, 1.54) is 24.5 Å². The third-order valence-corrected chi connectivity index (χ3v) is 4.01. The van der Waals surface area contributed by atoms with Crippen LogP contribution in [0, 0.1) is 5.82 Å². The first kappa shape index (κ1) is 15.5. The molecule has 0 bridgehead atoms. The molecule has 1 amide bonds. The van der Waals surface area contributed by atoms with Crippen molar-refractivity contribution in [3.8, 4) is 5.75 Å². The Morgan fingerprint density at radius 3 is 2.83 bits per heavy atom. The third-order valence-electron chi connectivity index (χ3n) is 4.01. The molecule has 6 nitrogen and oxygen atoms in total. The maximum Gasteiger partial charge on any atom is 0.276 e. The Kier molecular flexibility index (Phi) is 4.29. The maximum atomic E-state index is 12.9. The van der Waals surface area contributed by atoms with Gasteiger partial charge in [-0.15, -0.1) is 0 Å². The summed E-state index contributed by atoms with van der Waals surface area (Å²) in [6.45, 7) is 1.22. The van der Waals surface area contributed by atoms with Crippen LogP contribution in [0.3, 0.4) is 0 Å². The first-order valence-corrected chi connectivity index (χ1v) is 7.25. The second kappa shape index (κ2) is 6.37. The van der Waals surface area contributed by atoms with Crippen molar-refractivity contribution >= 4 is 5.91 Å². The Hall–Kier alpha value is -2.41. The molecule has 1 aliphatic rings. The summed E-state index contributed by atoms with van der Waals surface area (Å²) in [6.07, 6.45) is 2.01. The number of carbonyl (C=O) groups is 1. The number of carbonyl (C=O) groups excluding carboxylic acids is 1. The lowest BCUT2D eigenvalue weighted by atomic mass is 10.0. The highest BCUT2D eigenvalue weighted by atomic mass is 19.1. The molecule has 7 heteroatoms. The Labute approximate surface area is 132 Å². The van der Waals surface area contributed by atoms with E-state index in [1.807, 2.05) is 0 Å². The van der Waals surface area contributed by atoms with Gasteiger partial charge in [-0.1, -0.05) is 5.16 Å². The van der Waals surface area contributed by atoms with Gasteiger partial charge in [0.05, 0.1) is 6.54 Å². The highest BCUT2D eigenvalue weighted by Gasteiger charge is 2.41. The largest absolute Gasteiger partial charge is 0.491 e. The molecule has 1 fully saturated rings. The molecule has 2 aromatic rings. The fourth-order valence-electron chi connectivity index (χ4n) is 2.59. The minimum absolute atomic E-state index is 0.195. The summed E-state index contributed by atoms with van der Waals surface area (Å²) in [5.41, 5.74) is -0.315. The van der Waals surface area contributed by atoms with E-state index in [0.717, 1.165) is 0 Å². The van der Waals surface area contributed by atoms with Crippen molar-refractivity contribution in [3.63, 3.8) is 0 Å². The smallest absolute Gasteiger partial charge is 0.276 e. The first-order valence-electron chi connectivity index (χ1n) is 7.25. The molecule has 3 rings (SSSR count). The molecule has 1 aromatic heterocycles. The fourth-order valence-corrected chi connectivity index (χ4v) is 2.59. The first-order chi connectivity index (χ1) is 11.1. The predicted molar refractivity (Wildman–Crippen MR) is 78.7 cm³/mol. The van der Waals surface area contributed by atoms with Crippen LogP contribution in [0.5, 0.6) is 5.75 Å². The molecule has 0 radical (unpaired) electrons. The number of halogens is 1. The van der Waals surface area contributed by atoms with Gasteiger partial charge in [-0.05, 0) is 30.7 Å². The number of hydrogen-bond acceptors (Lipinski definition) is 5. The average Bonchev–Trinajstić information content (AvgIpc) is 3.24. The fraction of sp³-hybridized carbons (Fsp3) is 0.375. The number of ether oxygens (including phenoxy) is 2. The summed E-state index contributed by atoms with van der Waals surface area (Å²) in [4.78, 5) is 14.0. The van der Waals surface area contributed by atoms with Crippen LogP contribution in [-0.2, 0) is 4.74 Å². The van der Waals surface area contributed by atoms with Crippen molar-refractivity contribution in [2.45, 2.75) is 12.0 Å². The van der Waals surface area contributed by atoms with Gasteiger partial charge in [0.25, 0.3) is 5.91 Å². The topological polar surface area (TPSA) is 64.8 Å². The molecule has 1 saturated heterocycles. The Balaban J connectivity index is 1.63. The molecule has 2 heterocycles. The zero-order valence-corrected chi connectivity index (χ0v) is 12.7. The van der Waals surface area contributed by atoms with Crippen molar-refractivity contribution in [2.24, 2.45) is 0 Å². The SMILES string of the molecule is COC1(COc2ccc(F)cc2)CCN(C(=O)c2ccon2)C1. The van der Waals surface area contributed by atoms with Gasteiger partial charge < -0.3 is 18.9 Å². The van der Waals surface area contributed by atoms with E-state index in [-0.39, 0.29) is 24.0 Å². The van der Waals surface area contributed by atoms with Crippen molar-refractivity contribution in [1.29, 1.82) is 0 Å². The highest BCUT2D eigenvalue weighted by Crippen LogP contribution is 2.27. The van der Waals surface area contributed by atoms with Crippen molar-refractivity contribution in [2.75, 3.05) is 26.8 Å². The molecule has 1 unspecified atom stereocenters. The normalized spacial score (nSPS) is 20.7. The molecular weight excluding hydrogens is 303 g/mol. The number of benzene rings is 1. The van der Waals surface area contributed by atoms with E-state index >= 15 is 0 Å². The van der Waals surface area contributed by atoms with Gasteiger partial charge in [-0.2, -0.15) is 0 Å². The number of methoxy groups -OCH3 is 1.